The maximum atomic E-state index is 14.6. The number of aliphatic hydroxyl groups is 2. The van der Waals surface area contributed by atoms with E-state index < -0.39 is 103 Å². The number of pyridine rings is 1. The van der Waals surface area contributed by atoms with Crippen molar-refractivity contribution in [1.82, 2.24) is 55.9 Å². The molecule has 26 nitrogen and oxygen atoms in total. The third-order valence-corrected chi connectivity index (χ3v) is 17.5. The minimum Gasteiger partial charge on any atom is -0.506 e. The number of aromatic nitrogens is 7. The smallest absolute Gasteiger partial charge is 0.358 e. The Kier molecular flexibility index (Phi) is 16.3. The summed E-state index contributed by atoms with van der Waals surface area (Å²) in [6.45, 7) is 2.40. The molecule has 6 atom stereocenters. The first-order valence-electron chi connectivity index (χ1n) is 24.0. The Balaban J connectivity index is 0.00000753. The number of hydrogen-bond donors (Lipinski definition) is 8. The summed E-state index contributed by atoms with van der Waals surface area (Å²) in [4.78, 5) is 126. The number of ketones is 1. The van der Waals surface area contributed by atoms with Crippen LogP contribution in [0.1, 0.15) is 111 Å². The van der Waals surface area contributed by atoms with Crippen molar-refractivity contribution in [2.24, 2.45) is 0 Å². The molecule has 4 amide bonds. The standard InChI is InChI=1S/C50H41N11O15S5.W/c1-17(62)24-12-79-47(52-24)35-30(64)8-21-34(57-35)25-13-78-45(53-25)23-11-76-49(70)37-22-10-74-39(38(65)50(71)75-9-20-6-5-7-29(31(20)22)61(37)72)36(48-56-26(15-81-48)40(66)51-23)60-42(68)28-16-80-46(55-28)33(19(3)73-4)59-43(69)32(18(2)63)58-41(67)27-14-77-44(21)54-27;/h5-8,12-16,18,23,32,36,38-39,63-65,72H,9-11H2,1-4H3,(H,51,66)(H,58,67)(H,59,69)(H,60,68);/b33-19+;. The van der Waals surface area contributed by atoms with Crippen molar-refractivity contribution in [3.05, 3.63) is 112 Å². The van der Waals surface area contributed by atoms with E-state index in [1.165, 1.54) is 61.5 Å². The first-order chi connectivity index (χ1) is 38.9. The van der Waals surface area contributed by atoms with Gasteiger partial charge in [-0.1, -0.05) is 12.1 Å². The van der Waals surface area contributed by atoms with Crippen LogP contribution in [0.25, 0.3) is 49.3 Å². The van der Waals surface area contributed by atoms with E-state index in [1.54, 1.807) is 17.5 Å². The van der Waals surface area contributed by atoms with Crippen LogP contribution in [0.15, 0.2) is 56.9 Å². The number of hydrogen-bond acceptors (Lipinski definition) is 26. The summed E-state index contributed by atoms with van der Waals surface area (Å²) in [6.07, 6.45) is -5.49. The number of benzene rings is 1. The summed E-state index contributed by atoms with van der Waals surface area (Å²) >= 11 is 4.71. The topological polar surface area (TPSA) is 368 Å². The molecule has 0 saturated heterocycles. The third-order valence-electron chi connectivity index (χ3n) is 13.0. The number of aliphatic hydroxyl groups excluding tert-OH is 2. The number of ether oxygens (including phenoxy) is 4. The van der Waals surface area contributed by atoms with Crippen LogP contribution < -0.4 is 21.3 Å². The van der Waals surface area contributed by atoms with Gasteiger partial charge in [0.1, 0.15) is 120 Å². The molecular formula is C50H41N11O15S5W. The molecule has 0 fully saturated rings. The zero-order valence-electron chi connectivity index (χ0n) is 42.6. The number of Topliss-reactive ketones (excluding diaryl/α,β-unsaturated/α-hetero) is 1. The summed E-state index contributed by atoms with van der Waals surface area (Å²) < 4.78 is 24.0. The Morgan fingerprint density at radius 1 is 0.780 bits per heavy atom. The number of rotatable bonds is 4. The van der Waals surface area contributed by atoms with Crippen molar-refractivity contribution in [1.29, 1.82) is 0 Å². The van der Waals surface area contributed by atoms with E-state index in [9.17, 15) is 54.1 Å². The van der Waals surface area contributed by atoms with Crippen molar-refractivity contribution >= 4 is 115 Å². The quantitative estimate of drug-likeness (QED) is 0.0519. The molecular weight excluding hydrogens is 1340 g/mol. The molecule has 7 aromatic heterocycles. The van der Waals surface area contributed by atoms with Crippen LogP contribution in [0.4, 0.5) is 0 Å². The molecule has 12 bridgehead atoms. The fourth-order valence-corrected chi connectivity index (χ4v) is 13.1. The van der Waals surface area contributed by atoms with Gasteiger partial charge in [-0.3, -0.25) is 24.0 Å². The number of allylic oxidation sites excluding steroid dienone is 1. The molecule has 6 unspecified atom stereocenters. The second-order valence-corrected chi connectivity index (χ2v) is 22.6. The average Bonchev–Trinajstić information content (AvgIpc) is 4.26. The van der Waals surface area contributed by atoms with Crippen LogP contribution in [0.3, 0.4) is 0 Å². The fraction of sp³-hybridized carbons (Fsp3) is 0.260. The Hall–Kier alpha value is -7.74. The van der Waals surface area contributed by atoms with Crippen LogP contribution in [-0.4, -0.2) is 135 Å². The molecule has 10 heterocycles. The van der Waals surface area contributed by atoms with Gasteiger partial charge in [0, 0.05) is 71.4 Å². The van der Waals surface area contributed by atoms with Gasteiger partial charge in [-0.2, -0.15) is 4.73 Å². The van der Waals surface area contributed by atoms with Gasteiger partial charge >= 0.3 is 11.9 Å². The number of carbonyl (C=O) groups excluding carboxylic acids is 7. The normalized spacial score (nSPS) is 20.6. The molecule has 8 aromatic rings. The maximum absolute atomic E-state index is 14.6. The summed E-state index contributed by atoms with van der Waals surface area (Å²) in [5, 5.41) is 64.5. The van der Waals surface area contributed by atoms with Gasteiger partial charge in [-0.05, 0) is 31.5 Å². The van der Waals surface area contributed by atoms with Gasteiger partial charge in [0.15, 0.2) is 17.6 Å². The maximum Gasteiger partial charge on any atom is 0.358 e. The predicted molar refractivity (Wildman–Crippen MR) is 288 cm³/mol. The second kappa shape index (κ2) is 23.3. The van der Waals surface area contributed by atoms with Crippen LogP contribution in [0.2, 0.25) is 0 Å². The zero-order chi connectivity index (χ0) is 57.1. The Morgan fingerprint density at radius 3 is 2.17 bits per heavy atom. The van der Waals surface area contributed by atoms with E-state index in [0.717, 1.165) is 56.7 Å². The van der Waals surface area contributed by atoms with E-state index >= 15 is 0 Å². The van der Waals surface area contributed by atoms with Crippen molar-refractivity contribution in [3.63, 3.8) is 0 Å². The molecule has 3 aliphatic rings. The number of methoxy groups -OCH3 is 1. The van der Waals surface area contributed by atoms with E-state index in [-0.39, 0.29) is 125 Å². The molecule has 32 heteroatoms. The van der Waals surface area contributed by atoms with Gasteiger partial charge in [-0.25, -0.2) is 39.5 Å². The Bertz CT molecular complexity index is 3960. The summed E-state index contributed by atoms with van der Waals surface area (Å²) in [5.74, 6) is -6.58. The largest absolute Gasteiger partial charge is 0.506 e. The van der Waals surface area contributed by atoms with Gasteiger partial charge < -0.3 is 60.7 Å². The molecule has 422 valence electrons. The number of fused-ring (bicyclic) bond motifs is 15. The predicted octanol–water partition coefficient (Wildman–Crippen LogP) is 4.52. The van der Waals surface area contributed by atoms with Crippen LogP contribution >= 0.6 is 56.7 Å². The molecule has 11 rings (SSSR count). The SMILES string of the molecule is CO/C(C)=C1/NC(=O)C(C(C)O)NC(=O)c2csc(n2)-c2cc(O)c(-c3nc(C(C)=O)cs3)nc2-c2csc(n2)C2COC(=O)c3c4c5c(cccc5n3O)COC(=O)C(O)C(OC4)C(NC(=O)c3csc1n3)c1nc(cs1)C(=O)N2.[W]. The van der Waals surface area contributed by atoms with Gasteiger partial charge in [-0.15, -0.1) is 56.7 Å². The number of nitrogens with zero attached hydrogens (tertiary/aromatic N) is 7. The first kappa shape index (κ1) is 57.5. The molecule has 1 aromatic carbocycles. The molecule has 0 aliphatic carbocycles. The molecule has 82 heavy (non-hydrogen) atoms. The number of carbonyl (C=O) groups is 7. The third kappa shape index (κ3) is 10.8. The number of thiazole rings is 5. The Labute approximate surface area is 495 Å². The van der Waals surface area contributed by atoms with Crippen molar-refractivity contribution < 1.29 is 94.1 Å². The number of amides is 4. The molecule has 0 spiro atoms. The summed E-state index contributed by atoms with van der Waals surface area (Å²) in [7, 11) is 1.31. The number of nitrogens with one attached hydrogen (secondary N) is 4. The van der Waals surface area contributed by atoms with E-state index in [1.807, 2.05) is 0 Å². The molecule has 0 radical (unpaired) electrons. The molecule has 0 saturated carbocycles. The van der Waals surface area contributed by atoms with Gasteiger partial charge in [0.2, 0.25) is 5.91 Å². The van der Waals surface area contributed by atoms with Crippen LogP contribution in [-0.2, 0) is 62.8 Å². The minimum atomic E-state index is -2.18. The van der Waals surface area contributed by atoms with E-state index in [2.05, 4.69) is 41.2 Å². The van der Waals surface area contributed by atoms with Crippen molar-refractivity contribution in [3.8, 4) is 38.4 Å². The van der Waals surface area contributed by atoms with Crippen molar-refractivity contribution in [2.45, 2.75) is 70.4 Å². The first-order valence-corrected chi connectivity index (χ1v) is 28.4. The summed E-state index contributed by atoms with van der Waals surface area (Å²) in [5.41, 5.74) is -0.446. The fourth-order valence-electron chi connectivity index (χ4n) is 8.86. The number of aromatic hydroxyl groups is 1. The van der Waals surface area contributed by atoms with E-state index in [4.69, 9.17) is 28.9 Å². The number of esters is 2. The van der Waals surface area contributed by atoms with Gasteiger partial charge in [0.05, 0.1) is 25.3 Å². The van der Waals surface area contributed by atoms with E-state index in [0.29, 0.717) is 10.3 Å². The summed E-state index contributed by atoms with van der Waals surface area (Å²) in [6, 6.07) is 1.41. The van der Waals surface area contributed by atoms with Gasteiger partial charge in [0.25, 0.3) is 17.7 Å². The van der Waals surface area contributed by atoms with Crippen molar-refractivity contribution in [2.75, 3.05) is 13.7 Å². The molecule has 8 N–H and O–H groups in total. The van der Waals surface area contributed by atoms with Crippen LogP contribution in [0.5, 0.6) is 5.75 Å². The average molecular weight is 1380 g/mol. The monoisotopic (exact) mass is 1380 g/mol. The minimum absolute atomic E-state index is 0. The van der Waals surface area contributed by atoms with Crippen LogP contribution in [0, 0.1) is 0 Å². The number of cyclic esters (lactones) is 2. The molecule has 3 aliphatic heterocycles. The Morgan fingerprint density at radius 2 is 1.44 bits per heavy atom. The zero-order valence-corrected chi connectivity index (χ0v) is 49.7. The second-order valence-electron chi connectivity index (χ2n) is 18.2.